The lowest BCUT2D eigenvalue weighted by molar-refractivity contribution is 0.0781. The molecule has 146 valence electrons. The van der Waals surface area contributed by atoms with Crippen LogP contribution < -0.4 is 4.74 Å². The first-order valence-corrected chi connectivity index (χ1v) is 9.03. The number of aromatic nitrogens is 3. The zero-order valence-electron chi connectivity index (χ0n) is 16.2. The van der Waals surface area contributed by atoms with Crippen LogP contribution in [-0.2, 0) is 13.5 Å². The zero-order chi connectivity index (χ0) is 20.1. The lowest BCUT2D eigenvalue weighted by atomic mass is 10.1. The summed E-state index contributed by atoms with van der Waals surface area (Å²) < 4.78 is 21.0. The van der Waals surface area contributed by atoms with Gasteiger partial charge in [0.1, 0.15) is 0 Å². The number of halogens is 1. The van der Waals surface area contributed by atoms with Crippen molar-refractivity contribution in [1.29, 1.82) is 0 Å². The van der Waals surface area contributed by atoms with E-state index in [1.807, 2.05) is 42.1 Å². The third kappa shape index (κ3) is 4.19. The number of methoxy groups -OCH3 is 1. The highest BCUT2D eigenvalue weighted by Gasteiger charge is 2.20. The molecule has 0 aliphatic heterocycles. The van der Waals surface area contributed by atoms with E-state index in [4.69, 9.17) is 4.74 Å². The summed E-state index contributed by atoms with van der Waals surface area (Å²) in [7, 11) is 4.91. The van der Waals surface area contributed by atoms with E-state index in [0.29, 0.717) is 19.4 Å². The van der Waals surface area contributed by atoms with Crippen molar-refractivity contribution in [1.82, 2.24) is 19.7 Å². The average Bonchev–Trinajstić information content (AvgIpc) is 3.08. The Morgan fingerprint density at radius 3 is 2.71 bits per heavy atom. The van der Waals surface area contributed by atoms with Gasteiger partial charge in [0, 0.05) is 32.9 Å². The second-order valence-corrected chi connectivity index (χ2v) is 6.52. The number of hydrogen-bond donors (Lipinski definition) is 0. The molecule has 0 unspecified atom stereocenters. The molecule has 0 bridgehead atoms. The lowest BCUT2D eigenvalue weighted by Crippen LogP contribution is -2.29. The van der Waals surface area contributed by atoms with Crippen LogP contribution in [0.15, 0.2) is 48.7 Å². The molecule has 0 saturated carbocycles. The summed E-state index contributed by atoms with van der Waals surface area (Å²) in [5, 5.41) is 4.55. The Morgan fingerprint density at radius 1 is 1.25 bits per heavy atom. The van der Waals surface area contributed by atoms with Gasteiger partial charge in [-0.2, -0.15) is 5.10 Å². The maximum Gasteiger partial charge on any atom is 0.275 e. The molecule has 1 amide bonds. The van der Waals surface area contributed by atoms with E-state index in [-0.39, 0.29) is 11.4 Å². The SMILES string of the molecule is COc1ccnc(C(=O)N(C)CCCc2cc(-c3ccccc3)n(C)n2)c1F. The molecule has 28 heavy (non-hydrogen) atoms. The maximum absolute atomic E-state index is 14.2. The van der Waals surface area contributed by atoms with Crippen molar-refractivity contribution in [2.24, 2.45) is 7.05 Å². The van der Waals surface area contributed by atoms with Crippen LogP contribution >= 0.6 is 0 Å². The Hall–Kier alpha value is -3.22. The summed E-state index contributed by atoms with van der Waals surface area (Å²) in [6, 6.07) is 13.5. The molecule has 1 aromatic carbocycles. The first kappa shape index (κ1) is 19.5. The Bertz CT molecular complexity index is 956. The van der Waals surface area contributed by atoms with Gasteiger partial charge < -0.3 is 9.64 Å². The largest absolute Gasteiger partial charge is 0.494 e. The number of pyridine rings is 1. The summed E-state index contributed by atoms with van der Waals surface area (Å²) >= 11 is 0. The van der Waals surface area contributed by atoms with Crippen LogP contribution in [0, 0.1) is 5.82 Å². The molecule has 0 fully saturated rings. The van der Waals surface area contributed by atoms with Crippen molar-refractivity contribution >= 4 is 5.91 Å². The highest BCUT2D eigenvalue weighted by atomic mass is 19.1. The Balaban J connectivity index is 1.60. The molecule has 0 radical (unpaired) electrons. The second-order valence-electron chi connectivity index (χ2n) is 6.52. The highest BCUT2D eigenvalue weighted by Crippen LogP contribution is 2.21. The van der Waals surface area contributed by atoms with Gasteiger partial charge in [0.25, 0.3) is 5.91 Å². The maximum atomic E-state index is 14.2. The van der Waals surface area contributed by atoms with Crippen LogP contribution in [0.4, 0.5) is 4.39 Å². The number of ether oxygens (including phenoxy) is 1. The molecule has 7 heteroatoms. The number of carbonyl (C=O) groups excluding carboxylic acids is 1. The molecule has 0 aliphatic carbocycles. The Labute approximate surface area is 163 Å². The van der Waals surface area contributed by atoms with E-state index >= 15 is 0 Å². The first-order valence-electron chi connectivity index (χ1n) is 9.03. The van der Waals surface area contributed by atoms with Gasteiger partial charge in [-0.25, -0.2) is 9.37 Å². The van der Waals surface area contributed by atoms with Crippen LogP contribution in [0.5, 0.6) is 5.75 Å². The molecule has 3 aromatic rings. The van der Waals surface area contributed by atoms with E-state index in [1.165, 1.54) is 24.3 Å². The summed E-state index contributed by atoms with van der Waals surface area (Å²) in [6.45, 7) is 0.467. The van der Waals surface area contributed by atoms with Crippen molar-refractivity contribution in [3.05, 3.63) is 65.9 Å². The quantitative estimate of drug-likeness (QED) is 0.629. The number of nitrogens with zero attached hydrogens (tertiary/aromatic N) is 4. The van der Waals surface area contributed by atoms with Gasteiger partial charge in [-0.05, 0) is 24.5 Å². The van der Waals surface area contributed by atoms with Crippen LogP contribution in [0.25, 0.3) is 11.3 Å². The third-order valence-corrected chi connectivity index (χ3v) is 4.55. The molecular formula is C21H23FN4O2. The summed E-state index contributed by atoms with van der Waals surface area (Å²) in [5.41, 5.74) is 2.87. The fourth-order valence-corrected chi connectivity index (χ4v) is 3.04. The average molecular weight is 382 g/mol. The van der Waals surface area contributed by atoms with E-state index in [0.717, 1.165) is 17.0 Å². The van der Waals surface area contributed by atoms with Gasteiger partial charge in [0.05, 0.1) is 18.5 Å². The van der Waals surface area contributed by atoms with Crippen molar-refractivity contribution in [2.75, 3.05) is 20.7 Å². The van der Waals surface area contributed by atoms with Crippen molar-refractivity contribution in [3.8, 4) is 17.0 Å². The van der Waals surface area contributed by atoms with Gasteiger partial charge >= 0.3 is 0 Å². The predicted octanol–water partition coefficient (Wildman–Crippen LogP) is 3.33. The minimum absolute atomic E-state index is 0.00803. The van der Waals surface area contributed by atoms with Crippen molar-refractivity contribution in [3.63, 3.8) is 0 Å². The fraction of sp³-hybridized carbons (Fsp3) is 0.286. The minimum atomic E-state index is -0.737. The fourth-order valence-electron chi connectivity index (χ4n) is 3.04. The normalized spacial score (nSPS) is 10.7. The molecule has 6 nitrogen and oxygen atoms in total. The van der Waals surface area contributed by atoms with Crippen molar-refractivity contribution in [2.45, 2.75) is 12.8 Å². The van der Waals surface area contributed by atoms with E-state index < -0.39 is 11.7 Å². The number of hydrogen-bond acceptors (Lipinski definition) is 4. The van der Waals surface area contributed by atoms with Gasteiger partial charge in [0.2, 0.25) is 0 Å². The van der Waals surface area contributed by atoms with Gasteiger partial charge in [-0.1, -0.05) is 30.3 Å². The summed E-state index contributed by atoms with van der Waals surface area (Å²) in [5.74, 6) is -1.20. The number of aryl methyl sites for hydroxylation is 2. The van der Waals surface area contributed by atoms with Gasteiger partial charge in [0.15, 0.2) is 17.3 Å². The molecule has 0 atom stereocenters. The molecule has 3 rings (SSSR count). The highest BCUT2D eigenvalue weighted by molar-refractivity contribution is 5.92. The van der Waals surface area contributed by atoms with Crippen LogP contribution in [0.3, 0.4) is 0 Å². The number of rotatable bonds is 7. The molecular weight excluding hydrogens is 359 g/mol. The predicted molar refractivity (Wildman–Crippen MR) is 105 cm³/mol. The second kappa shape index (κ2) is 8.65. The van der Waals surface area contributed by atoms with Gasteiger partial charge in [-0.3, -0.25) is 9.48 Å². The van der Waals surface area contributed by atoms with Crippen LogP contribution in [0.1, 0.15) is 22.6 Å². The third-order valence-electron chi connectivity index (χ3n) is 4.55. The van der Waals surface area contributed by atoms with Crippen LogP contribution in [0.2, 0.25) is 0 Å². The monoisotopic (exact) mass is 382 g/mol. The number of benzene rings is 1. The van der Waals surface area contributed by atoms with Gasteiger partial charge in [-0.15, -0.1) is 0 Å². The number of amides is 1. The molecule has 0 aliphatic rings. The Morgan fingerprint density at radius 2 is 2.00 bits per heavy atom. The Kier molecular flexibility index (Phi) is 6.03. The lowest BCUT2D eigenvalue weighted by Gasteiger charge is -2.17. The zero-order valence-corrected chi connectivity index (χ0v) is 16.2. The molecule has 2 heterocycles. The first-order chi connectivity index (χ1) is 13.5. The topological polar surface area (TPSA) is 60.2 Å². The smallest absolute Gasteiger partial charge is 0.275 e. The molecule has 2 aromatic heterocycles. The van der Waals surface area contributed by atoms with E-state index in [1.54, 1.807) is 7.05 Å². The molecule has 0 saturated heterocycles. The van der Waals surface area contributed by atoms with Crippen molar-refractivity contribution < 1.29 is 13.9 Å². The molecule has 0 N–H and O–H groups in total. The number of carbonyl (C=O) groups is 1. The summed E-state index contributed by atoms with van der Waals surface area (Å²) in [6.07, 6.45) is 2.79. The van der Waals surface area contributed by atoms with E-state index in [2.05, 4.69) is 16.1 Å². The van der Waals surface area contributed by atoms with E-state index in [9.17, 15) is 9.18 Å². The van der Waals surface area contributed by atoms with Crippen LogP contribution in [-0.4, -0.2) is 46.3 Å². The summed E-state index contributed by atoms with van der Waals surface area (Å²) in [4.78, 5) is 17.8. The molecule has 0 spiro atoms. The minimum Gasteiger partial charge on any atom is -0.494 e. The standard InChI is InChI=1S/C21H23FN4O2/c1-25(21(27)20-19(22)18(28-3)11-12-23-20)13-7-10-16-14-17(26(2)24-16)15-8-5-4-6-9-15/h4-6,8-9,11-12,14H,7,10,13H2,1-3H3.